The Morgan fingerprint density at radius 2 is 1.66 bits per heavy atom. The van der Waals surface area contributed by atoms with Gasteiger partial charge in [-0.05, 0) is 67.4 Å². The van der Waals surface area contributed by atoms with Gasteiger partial charge in [0.25, 0.3) is 15.9 Å². The van der Waals surface area contributed by atoms with Crippen molar-refractivity contribution in [2.24, 2.45) is 0 Å². The molecule has 0 atom stereocenters. The van der Waals surface area contributed by atoms with Gasteiger partial charge in [0.15, 0.2) is 0 Å². The number of nitrogens with one attached hydrogen (secondary N) is 2. The molecule has 0 unspecified atom stereocenters. The van der Waals surface area contributed by atoms with Gasteiger partial charge >= 0.3 is 0 Å². The smallest absolute Gasteiger partial charge is 0.261 e. The highest BCUT2D eigenvalue weighted by atomic mass is 35.5. The van der Waals surface area contributed by atoms with Crippen LogP contribution in [0.3, 0.4) is 0 Å². The fourth-order valence-corrected chi connectivity index (χ4v) is 6.96. The normalized spacial score (nSPS) is 17.5. The van der Waals surface area contributed by atoms with E-state index < -0.39 is 10.0 Å². The number of carbonyl (C=O) groups is 1. The highest BCUT2D eigenvalue weighted by Crippen LogP contribution is 2.34. The minimum absolute atomic E-state index is 0.0128. The van der Waals surface area contributed by atoms with Gasteiger partial charge in [0.2, 0.25) is 0 Å². The van der Waals surface area contributed by atoms with Gasteiger partial charge in [0.05, 0.1) is 34.4 Å². The van der Waals surface area contributed by atoms with Crippen LogP contribution in [0, 0.1) is 0 Å². The number of halogens is 2. The van der Waals surface area contributed by atoms with E-state index >= 15 is 0 Å². The van der Waals surface area contributed by atoms with Gasteiger partial charge < -0.3 is 14.8 Å². The van der Waals surface area contributed by atoms with E-state index in [1.807, 2.05) is 0 Å². The molecule has 1 saturated heterocycles. The van der Waals surface area contributed by atoms with Crippen molar-refractivity contribution in [2.45, 2.75) is 42.5 Å². The maximum Gasteiger partial charge on any atom is 0.261 e. The third kappa shape index (κ3) is 7.16. The monoisotopic (exact) mass is 617 g/mol. The number of sulfonamides is 1. The second-order valence-corrected chi connectivity index (χ2v) is 12.9. The van der Waals surface area contributed by atoms with Gasteiger partial charge in [-0.15, -0.1) is 0 Å². The van der Waals surface area contributed by atoms with Crippen LogP contribution in [0.2, 0.25) is 10.0 Å². The van der Waals surface area contributed by atoms with Gasteiger partial charge in [-0.3, -0.25) is 14.4 Å². The summed E-state index contributed by atoms with van der Waals surface area (Å²) in [5.41, 5.74) is 0.170. The van der Waals surface area contributed by atoms with Crippen molar-refractivity contribution in [3.8, 4) is 11.5 Å². The largest absolute Gasteiger partial charge is 0.456 e. The number of hydrogen-bond acceptors (Lipinski definition) is 6. The van der Waals surface area contributed by atoms with Crippen LogP contribution in [-0.2, 0) is 14.8 Å². The van der Waals surface area contributed by atoms with Crippen molar-refractivity contribution in [3.05, 3.63) is 82.3 Å². The number of carbonyl (C=O) groups excluding carboxylic acids is 1. The molecule has 11 heteroatoms. The van der Waals surface area contributed by atoms with Crippen molar-refractivity contribution in [2.75, 3.05) is 37.6 Å². The zero-order valence-corrected chi connectivity index (χ0v) is 24.9. The molecule has 8 nitrogen and oxygen atoms in total. The maximum absolute atomic E-state index is 13.5. The molecule has 218 valence electrons. The molecule has 2 fully saturated rings. The molecular weight excluding hydrogens is 585 g/mol. The first-order valence-corrected chi connectivity index (χ1v) is 16.0. The van der Waals surface area contributed by atoms with E-state index in [2.05, 4.69) is 14.9 Å². The molecule has 3 aromatic carbocycles. The highest BCUT2D eigenvalue weighted by Gasteiger charge is 2.39. The van der Waals surface area contributed by atoms with Crippen LogP contribution in [0.4, 0.5) is 5.69 Å². The molecule has 1 aliphatic carbocycles. The van der Waals surface area contributed by atoms with Crippen LogP contribution < -0.4 is 14.8 Å². The number of para-hydroxylation sites is 1. The Labute approximate surface area is 251 Å². The predicted octanol–water partition coefficient (Wildman–Crippen LogP) is 6.35. The first-order chi connectivity index (χ1) is 19.8. The summed E-state index contributed by atoms with van der Waals surface area (Å²) in [4.78, 5) is 15.9. The van der Waals surface area contributed by atoms with Gasteiger partial charge in [0, 0.05) is 30.2 Å². The van der Waals surface area contributed by atoms with Gasteiger partial charge in [-0.1, -0.05) is 54.6 Å². The van der Waals surface area contributed by atoms with Crippen molar-refractivity contribution in [1.82, 2.24) is 10.2 Å². The molecule has 0 aromatic heterocycles. The Kier molecular flexibility index (Phi) is 9.41. The van der Waals surface area contributed by atoms with Crippen molar-refractivity contribution < 1.29 is 22.7 Å². The summed E-state index contributed by atoms with van der Waals surface area (Å²) in [7, 11) is -4.02. The van der Waals surface area contributed by atoms with E-state index in [1.165, 1.54) is 30.7 Å². The minimum Gasteiger partial charge on any atom is -0.456 e. The lowest BCUT2D eigenvalue weighted by Gasteiger charge is -2.48. The van der Waals surface area contributed by atoms with E-state index in [0.29, 0.717) is 41.3 Å². The Hall–Kier alpha value is -2.82. The maximum atomic E-state index is 13.5. The number of rotatable bonds is 9. The number of amides is 1. The van der Waals surface area contributed by atoms with E-state index in [0.717, 1.165) is 38.8 Å². The predicted molar refractivity (Wildman–Crippen MR) is 161 cm³/mol. The number of morpholine rings is 1. The van der Waals surface area contributed by atoms with Crippen molar-refractivity contribution in [1.29, 1.82) is 0 Å². The Morgan fingerprint density at radius 1 is 0.951 bits per heavy atom. The molecule has 1 heterocycles. The first kappa shape index (κ1) is 29.7. The van der Waals surface area contributed by atoms with Crippen molar-refractivity contribution >= 4 is 44.8 Å². The Balaban J connectivity index is 1.31. The third-order valence-corrected chi connectivity index (χ3v) is 9.64. The first-order valence-electron chi connectivity index (χ1n) is 13.7. The van der Waals surface area contributed by atoms with E-state index in [1.54, 1.807) is 42.5 Å². The molecule has 2 aliphatic rings. The van der Waals surface area contributed by atoms with Crippen LogP contribution in [0.25, 0.3) is 0 Å². The molecule has 41 heavy (non-hydrogen) atoms. The second-order valence-electron chi connectivity index (χ2n) is 10.4. The zero-order chi connectivity index (χ0) is 28.9. The van der Waals surface area contributed by atoms with E-state index in [9.17, 15) is 13.2 Å². The lowest BCUT2D eigenvalue weighted by atomic mass is 9.79. The quantitative estimate of drug-likeness (QED) is 0.290. The number of nitrogens with zero attached hydrogens (tertiary/aromatic N) is 1. The van der Waals surface area contributed by atoms with E-state index in [4.69, 9.17) is 32.7 Å². The van der Waals surface area contributed by atoms with Crippen LogP contribution in [-0.4, -0.2) is 57.6 Å². The average Bonchev–Trinajstić information content (AvgIpc) is 2.99. The van der Waals surface area contributed by atoms with Crippen LogP contribution >= 0.6 is 23.2 Å². The standard InChI is InChI=1S/C30H33Cl2N3O5S/c31-22-8-13-27(34-41(37,38)24-11-9-23(10-12-24)40-28-7-3-2-6-26(28)32)25(20-22)29(36)33-21-30(14-4-1-5-15-30)35-16-18-39-19-17-35/h2-3,6-13,20,34H,1,4-5,14-19,21H2,(H,33,36). The fourth-order valence-electron chi connectivity index (χ4n) is 5.53. The molecule has 0 spiro atoms. The van der Waals surface area contributed by atoms with Gasteiger partial charge in [-0.25, -0.2) is 8.42 Å². The van der Waals surface area contributed by atoms with Crippen molar-refractivity contribution in [3.63, 3.8) is 0 Å². The lowest BCUT2D eigenvalue weighted by Crippen LogP contribution is -2.59. The van der Waals surface area contributed by atoms with Crippen LogP contribution in [0.5, 0.6) is 11.5 Å². The van der Waals surface area contributed by atoms with Gasteiger partial charge in [0.1, 0.15) is 11.5 Å². The Bertz CT molecular complexity index is 1470. The average molecular weight is 619 g/mol. The van der Waals surface area contributed by atoms with Crippen LogP contribution in [0.1, 0.15) is 42.5 Å². The zero-order valence-electron chi connectivity index (χ0n) is 22.6. The molecule has 1 saturated carbocycles. The summed E-state index contributed by atoms with van der Waals surface area (Å²) < 4.78 is 40.5. The highest BCUT2D eigenvalue weighted by molar-refractivity contribution is 7.92. The molecule has 1 aliphatic heterocycles. The Morgan fingerprint density at radius 3 is 2.37 bits per heavy atom. The number of ether oxygens (including phenoxy) is 2. The molecular formula is C30H33Cl2N3O5S. The molecule has 3 aromatic rings. The molecule has 0 radical (unpaired) electrons. The number of hydrogen-bond donors (Lipinski definition) is 2. The summed E-state index contributed by atoms with van der Waals surface area (Å²) in [6, 6.07) is 17.5. The van der Waals surface area contributed by atoms with Gasteiger partial charge in [-0.2, -0.15) is 0 Å². The number of anilines is 1. The topological polar surface area (TPSA) is 97.0 Å². The third-order valence-electron chi connectivity index (χ3n) is 7.71. The minimum atomic E-state index is -4.02. The van der Waals surface area contributed by atoms with Crippen LogP contribution in [0.15, 0.2) is 71.6 Å². The number of benzene rings is 3. The summed E-state index contributed by atoms with van der Waals surface area (Å²) in [6.07, 6.45) is 5.40. The molecule has 2 N–H and O–H groups in total. The second kappa shape index (κ2) is 13.0. The fraction of sp³-hybridized carbons (Fsp3) is 0.367. The summed E-state index contributed by atoms with van der Waals surface area (Å²) in [6.45, 7) is 3.50. The summed E-state index contributed by atoms with van der Waals surface area (Å²) in [5.74, 6) is 0.510. The summed E-state index contributed by atoms with van der Waals surface area (Å²) in [5, 5.41) is 3.87. The lowest BCUT2D eigenvalue weighted by molar-refractivity contribution is -0.0361. The van der Waals surface area contributed by atoms with E-state index in [-0.39, 0.29) is 27.6 Å². The summed E-state index contributed by atoms with van der Waals surface area (Å²) >= 11 is 12.4. The molecule has 1 amide bonds. The molecule has 5 rings (SSSR count). The molecule has 0 bridgehead atoms. The SMILES string of the molecule is O=C(NCC1(N2CCOCC2)CCCCC1)c1cc(Cl)ccc1NS(=O)(=O)c1ccc(Oc2ccccc2Cl)cc1.